The second kappa shape index (κ2) is 6.81. The molecular weight excluding hydrogens is 323 g/mol. The van der Waals surface area contributed by atoms with Crippen molar-refractivity contribution in [2.24, 2.45) is 5.41 Å². The fourth-order valence-electron chi connectivity index (χ4n) is 1.55. The summed E-state index contributed by atoms with van der Waals surface area (Å²) in [7, 11) is 0. The molecule has 2 nitrogen and oxygen atoms in total. The van der Waals surface area contributed by atoms with Crippen LogP contribution in [0.3, 0.4) is 0 Å². The van der Waals surface area contributed by atoms with E-state index in [1.165, 1.54) is 0 Å². The molecule has 1 aromatic rings. The molecule has 96 valence electrons. The minimum Gasteiger partial charge on any atom is -0.368 e. The van der Waals surface area contributed by atoms with Crippen molar-refractivity contribution >= 4 is 44.9 Å². The lowest BCUT2D eigenvalue weighted by Crippen LogP contribution is -2.30. The Morgan fingerprint density at radius 1 is 1.41 bits per heavy atom. The van der Waals surface area contributed by atoms with Crippen LogP contribution >= 0.6 is 39.1 Å². The maximum atomic E-state index is 6.10. The summed E-state index contributed by atoms with van der Waals surface area (Å²) in [6, 6.07) is 1.83. The lowest BCUT2D eigenvalue weighted by atomic mass is 9.84. The lowest BCUT2D eigenvalue weighted by molar-refractivity contribution is 0.326. The van der Waals surface area contributed by atoms with Crippen molar-refractivity contribution in [2.75, 3.05) is 17.7 Å². The summed E-state index contributed by atoms with van der Waals surface area (Å²) < 4.78 is 0.877. The van der Waals surface area contributed by atoms with Crippen LogP contribution in [0.4, 0.5) is 5.82 Å². The number of hydrogen-bond acceptors (Lipinski definition) is 2. The Balaban J connectivity index is 2.72. The maximum Gasteiger partial charge on any atom is 0.144 e. The Morgan fingerprint density at radius 3 is 2.53 bits per heavy atom. The molecule has 0 aliphatic heterocycles. The summed E-state index contributed by atoms with van der Waals surface area (Å²) in [4.78, 5) is 4.25. The van der Waals surface area contributed by atoms with E-state index in [0.717, 1.165) is 23.9 Å². The van der Waals surface area contributed by atoms with Gasteiger partial charge in [0.2, 0.25) is 0 Å². The molecular formula is C12H17BrCl2N2. The molecule has 0 saturated carbocycles. The molecule has 1 aromatic heterocycles. The zero-order valence-corrected chi connectivity index (χ0v) is 13.2. The molecule has 0 aliphatic carbocycles. The quantitative estimate of drug-likeness (QED) is 0.741. The van der Waals surface area contributed by atoms with Crippen LogP contribution in [-0.4, -0.2) is 17.4 Å². The maximum absolute atomic E-state index is 6.10. The monoisotopic (exact) mass is 338 g/mol. The van der Waals surface area contributed by atoms with E-state index >= 15 is 0 Å². The highest BCUT2D eigenvalue weighted by Gasteiger charge is 2.25. The molecule has 1 heterocycles. The van der Waals surface area contributed by atoms with Crippen LogP contribution < -0.4 is 5.32 Å². The molecule has 17 heavy (non-hydrogen) atoms. The van der Waals surface area contributed by atoms with Gasteiger partial charge in [-0.3, -0.25) is 0 Å². The molecule has 0 aliphatic rings. The Bertz CT molecular complexity index is 359. The second-order valence-electron chi connectivity index (χ2n) is 4.18. The summed E-state index contributed by atoms with van der Waals surface area (Å²) in [5.41, 5.74) is 0.111. The predicted octanol–water partition coefficient (Wildman–Crippen LogP) is 4.95. The van der Waals surface area contributed by atoms with Crippen molar-refractivity contribution in [3.63, 3.8) is 0 Å². The number of nitrogens with zero attached hydrogens (tertiary/aromatic N) is 1. The van der Waals surface area contributed by atoms with Crippen molar-refractivity contribution in [1.29, 1.82) is 0 Å². The molecule has 0 amide bonds. The fourth-order valence-corrected chi connectivity index (χ4v) is 2.72. The molecule has 0 unspecified atom stereocenters. The van der Waals surface area contributed by atoms with E-state index in [9.17, 15) is 0 Å². The second-order valence-corrected chi connectivity index (χ2v) is 5.77. The lowest BCUT2D eigenvalue weighted by Gasteiger charge is -2.29. The normalized spacial score (nSPS) is 11.6. The molecule has 0 spiro atoms. The fraction of sp³-hybridized carbons (Fsp3) is 0.583. The van der Waals surface area contributed by atoms with E-state index in [2.05, 4.69) is 40.1 Å². The highest BCUT2D eigenvalue weighted by Crippen LogP contribution is 2.30. The first kappa shape index (κ1) is 15.1. The molecule has 0 bridgehead atoms. The third kappa shape index (κ3) is 4.01. The van der Waals surface area contributed by atoms with Gasteiger partial charge in [0.15, 0.2) is 0 Å². The molecule has 0 fully saturated rings. The molecule has 5 heteroatoms. The molecule has 1 rings (SSSR count). The SMILES string of the molecule is CCC(CC)(CCl)CNc1ncc(Br)cc1Cl. The summed E-state index contributed by atoms with van der Waals surface area (Å²) in [5, 5.41) is 3.91. The molecule has 0 saturated heterocycles. The van der Waals surface area contributed by atoms with Gasteiger partial charge in [-0.1, -0.05) is 25.4 Å². The Morgan fingerprint density at radius 2 is 2.06 bits per heavy atom. The summed E-state index contributed by atoms with van der Waals surface area (Å²) >= 11 is 15.5. The molecule has 0 aromatic carbocycles. The van der Waals surface area contributed by atoms with Crippen molar-refractivity contribution in [3.8, 4) is 0 Å². The minimum absolute atomic E-state index is 0.111. The van der Waals surface area contributed by atoms with Crippen molar-refractivity contribution in [2.45, 2.75) is 26.7 Å². The predicted molar refractivity (Wildman–Crippen MR) is 79.2 cm³/mol. The van der Waals surface area contributed by atoms with Crippen LogP contribution in [-0.2, 0) is 0 Å². The minimum atomic E-state index is 0.111. The van der Waals surface area contributed by atoms with Gasteiger partial charge in [-0.15, -0.1) is 11.6 Å². The third-order valence-electron chi connectivity index (χ3n) is 3.22. The van der Waals surface area contributed by atoms with Crippen LogP contribution in [0.15, 0.2) is 16.7 Å². The van der Waals surface area contributed by atoms with Crippen LogP contribution in [0.25, 0.3) is 0 Å². The zero-order valence-electron chi connectivity index (χ0n) is 10.1. The van der Waals surface area contributed by atoms with Gasteiger partial charge in [-0.05, 0) is 34.8 Å². The Kier molecular flexibility index (Phi) is 6.04. The topological polar surface area (TPSA) is 24.9 Å². The van der Waals surface area contributed by atoms with E-state index in [0.29, 0.717) is 16.7 Å². The Labute approximate surface area is 121 Å². The van der Waals surface area contributed by atoms with Crippen molar-refractivity contribution in [3.05, 3.63) is 21.8 Å². The van der Waals surface area contributed by atoms with E-state index in [1.807, 2.05) is 6.07 Å². The van der Waals surface area contributed by atoms with Gasteiger partial charge in [0.05, 0.1) is 5.02 Å². The number of aromatic nitrogens is 1. The van der Waals surface area contributed by atoms with Crippen molar-refractivity contribution < 1.29 is 0 Å². The summed E-state index contributed by atoms with van der Waals surface area (Å²) in [6.45, 7) is 5.10. The first-order chi connectivity index (χ1) is 8.06. The smallest absolute Gasteiger partial charge is 0.144 e. The van der Waals surface area contributed by atoms with E-state index in [4.69, 9.17) is 23.2 Å². The Hall–Kier alpha value is 0.01000. The first-order valence-corrected chi connectivity index (χ1v) is 7.38. The van der Waals surface area contributed by atoms with Gasteiger partial charge in [-0.2, -0.15) is 0 Å². The van der Waals surface area contributed by atoms with Crippen LogP contribution in [0.5, 0.6) is 0 Å². The molecule has 0 atom stereocenters. The average molecular weight is 340 g/mol. The average Bonchev–Trinajstić information content (AvgIpc) is 2.33. The first-order valence-electron chi connectivity index (χ1n) is 5.68. The third-order valence-corrected chi connectivity index (χ3v) is 4.51. The zero-order chi connectivity index (χ0) is 12.9. The summed E-state index contributed by atoms with van der Waals surface area (Å²) in [5.74, 6) is 1.35. The van der Waals surface area contributed by atoms with Crippen LogP contribution in [0, 0.1) is 5.41 Å². The number of nitrogens with one attached hydrogen (secondary N) is 1. The number of pyridine rings is 1. The van der Waals surface area contributed by atoms with Crippen LogP contribution in [0.1, 0.15) is 26.7 Å². The van der Waals surface area contributed by atoms with Gasteiger partial charge in [0.1, 0.15) is 5.82 Å². The van der Waals surface area contributed by atoms with Gasteiger partial charge >= 0.3 is 0 Å². The van der Waals surface area contributed by atoms with Gasteiger partial charge in [0, 0.05) is 28.5 Å². The van der Waals surface area contributed by atoms with Crippen molar-refractivity contribution in [1.82, 2.24) is 4.98 Å². The number of alkyl halides is 1. The van der Waals surface area contributed by atoms with E-state index in [1.54, 1.807) is 6.20 Å². The number of halogens is 3. The molecule has 0 radical (unpaired) electrons. The van der Waals surface area contributed by atoms with Crippen LogP contribution in [0.2, 0.25) is 5.02 Å². The highest BCUT2D eigenvalue weighted by atomic mass is 79.9. The largest absolute Gasteiger partial charge is 0.368 e. The standard InChI is InChI=1S/C12H17BrCl2N2/c1-3-12(4-2,7-14)8-17-11-10(15)5-9(13)6-16-11/h5-6H,3-4,7-8H2,1-2H3,(H,16,17). The van der Waals surface area contributed by atoms with Gasteiger partial charge < -0.3 is 5.32 Å². The van der Waals surface area contributed by atoms with E-state index < -0.39 is 0 Å². The number of hydrogen-bond donors (Lipinski definition) is 1. The molecule has 1 N–H and O–H groups in total. The summed E-state index contributed by atoms with van der Waals surface area (Å²) in [6.07, 6.45) is 3.80. The van der Waals surface area contributed by atoms with E-state index in [-0.39, 0.29) is 5.41 Å². The number of anilines is 1. The van der Waals surface area contributed by atoms with Gasteiger partial charge in [-0.25, -0.2) is 4.98 Å². The highest BCUT2D eigenvalue weighted by molar-refractivity contribution is 9.10. The number of rotatable bonds is 6. The van der Waals surface area contributed by atoms with Gasteiger partial charge in [0.25, 0.3) is 0 Å².